The lowest BCUT2D eigenvalue weighted by molar-refractivity contribution is 0.304. The molecule has 0 spiro atoms. The maximum Gasteiger partial charge on any atom is 0.127 e. The summed E-state index contributed by atoms with van der Waals surface area (Å²) in [7, 11) is 0. The van der Waals surface area contributed by atoms with Gasteiger partial charge in [-0.05, 0) is 56.0 Å². The summed E-state index contributed by atoms with van der Waals surface area (Å²) in [6.45, 7) is 4.63. The highest BCUT2D eigenvalue weighted by atomic mass is 19.1. The number of halogens is 1. The number of ether oxygens (including phenoxy) is 1. The van der Waals surface area contributed by atoms with E-state index >= 15 is 0 Å². The molecule has 1 atom stereocenters. The zero-order valence-electron chi connectivity index (χ0n) is 13.0. The summed E-state index contributed by atoms with van der Waals surface area (Å²) in [5.41, 5.74) is 2.89. The lowest BCUT2D eigenvalue weighted by atomic mass is 9.95. The highest BCUT2D eigenvalue weighted by Crippen LogP contribution is 2.23. The zero-order chi connectivity index (χ0) is 15.9. The molecule has 2 rings (SSSR count). The van der Waals surface area contributed by atoms with E-state index in [2.05, 4.69) is 13.0 Å². The van der Waals surface area contributed by atoms with Gasteiger partial charge in [-0.1, -0.05) is 24.3 Å². The van der Waals surface area contributed by atoms with Crippen LogP contribution in [0.1, 0.15) is 35.4 Å². The van der Waals surface area contributed by atoms with E-state index in [1.807, 2.05) is 25.1 Å². The third-order valence-corrected chi connectivity index (χ3v) is 3.82. The number of hydrogen-bond donors (Lipinski definition) is 0. The number of aryl methyl sites for hydroxylation is 2. The predicted octanol–water partition coefficient (Wildman–Crippen LogP) is 4.91. The van der Waals surface area contributed by atoms with Gasteiger partial charge in [0.25, 0.3) is 0 Å². The van der Waals surface area contributed by atoms with Crippen molar-refractivity contribution in [2.45, 2.75) is 32.6 Å². The minimum Gasteiger partial charge on any atom is -0.494 e. The maximum atomic E-state index is 13.7. The third kappa shape index (κ3) is 4.08. The molecule has 0 aliphatic heterocycles. The van der Waals surface area contributed by atoms with Gasteiger partial charge in [0.05, 0.1) is 18.6 Å². The second-order valence-corrected chi connectivity index (χ2v) is 5.44. The molecular weight excluding hydrogens is 277 g/mol. The second-order valence-electron chi connectivity index (χ2n) is 5.44. The van der Waals surface area contributed by atoms with Crippen molar-refractivity contribution < 1.29 is 9.13 Å². The molecule has 114 valence electrons. The minimum absolute atomic E-state index is 0.316. The van der Waals surface area contributed by atoms with Crippen LogP contribution in [-0.4, -0.2) is 6.61 Å². The molecule has 0 aliphatic rings. The Kier molecular flexibility index (Phi) is 5.55. The Bertz CT molecular complexity index is 675. The number of nitrogens with zero attached hydrogens (tertiary/aromatic N) is 1. The van der Waals surface area contributed by atoms with Gasteiger partial charge in [-0.15, -0.1) is 0 Å². The molecule has 0 fully saturated rings. The van der Waals surface area contributed by atoms with E-state index in [9.17, 15) is 9.65 Å². The van der Waals surface area contributed by atoms with Gasteiger partial charge in [-0.25, -0.2) is 4.39 Å². The molecule has 0 amide bonds. The highest BCUT2D eigenvalue weighted by molar-refractivity contribution is 5.33. The molecule has 0 aromatic heterocycles. The van der Waals surface area contributed by atoms with Crippen LogP contribution in [0.3, 0.4) is 0 Å². The van der Waals surface area contributed by atoms with E-state index in [1.54, 1.807) is 18.2 Å². The molecule has 2 aromatic carbocycles. The fourth-order valence-electron chi connectivity index (χ4n) is 2.33. The van der Waals surface area contributed by atoms with Crippen molar-refractivity contribution in [3.8, 4) is 11.8 Å². The number of nitriles is 1. The molecule has 22 heavy (non-hydrogen) atoms. The van der Waals surface area contributed by atoms with Gasteiger partial charge in [0.15, 0.2) is 0 Å². The van der Waals surface area contributed by atoms with E-state index in [0.29, 0.717) is 25.0 Å². The minimum atomic E-state index is -0.426. The fraction of sp³-hybridized carbons (Fsp3) is 0.316. The average Bonchev–Trinajstić information content (AvgIpc) is 2.52. The topological polar surface area (TPSA) is 33.0 Å². The Hall–Kier alpha value is -2.34. The summed E-state index contributed by atoms with van der Waals surface area (Å²) in [6.07, 6.45) is 1.29. The molecule has 2 aromatic rings. The van der Waals surface area contributed by atoms with Crippen LogP contribution in [0.4, 0.5) is 4.39 Å². The Balaban J connectivity index is 1.86. The summed E-state index contributed by atoms with van der Waals surface area (Å²) in [4.78, 5) is 0. The number of benzene rings is 2. The summed E-state index contributed by atoms with van der Waals surface area (Å²) < 4.78 is 19.4. The van der Waals surface area contributed by atoms with Gasteiger partial charge in [0.1, 0.15) is 11.6 Å². The molecule has 0 saturated carbocycles. The second kappa shape index (κ2) is 7.61. The molecule has 0 N–H and O–H groups in total. The number of hydrogen-bond acceptors (Lipinski definition) is 2. The molecule has 0 bridgehead atoms. The smallest absolute Gasteiger partial charge is 0.127 e. The first-order valence-corrected chi connectivity index (χ1v) is 7.46. The van der Waals surface area contributed by atoms with E-state index in [1.165, 1.54) is 17.2 Å². The Morgan fingerprint density at radius 3 is 2.59 bits per heavy atom. The van der Waals surface area contributed by atoms with E-state index in [0.717, 1.165) is 5.75 Å². The van der Waals surface area contributed by atoms with Gasteiger partial charge in [0.2, 0.25) is 0 Å². The summed E-state index contributed by atoms with van der Waals surface area (Å²) in [6, 6.07) is 14.6. The SMILES string of the molecule is Cc1ccc(OCCCC(C#N)c2ccccc2F)cc1C. The van der Waals surface area contributed by atoms with Crippen LogP contribution in [0.25, 0.3) is 0 Å². The van der Waals surface area contributed by atoms with Crippen LogP contribution in [0.15, 0.2) is 42.5 Å². The molecule has 0 aliphatic carbocycles. The van der Waals surface area contributed by atoms with Gasteiger partial charge in [-0.2, -0.15) is 5.26 Å². The Morgan fingerprint density at radius 1 is 1.14 bits per heavy atom. The molecule has 0 radical (unpaired) electrons. The molecule has 1 unspecified atom stereocenters. The predicted molar refractivity (Wildman–Crippen MR) is 85.4 cm³/mol. The van der Waals surface area contributed by atoms with E-state index < -0.39 is 5.92 Å². The summed E-state index contributed by atoms with van der Waals surface area (Å²) in [5.74, 6) is 0.0937. The monoisotopic (exact) mass is 297 g/mol. The first kappa shape index (κ1) is 16.0. The van der Waals surface area contributed by atoms with Gasteiger partial charge in [-0.3, -0.25) is 0 Å². The van der Waals surface area contributed by atoms with Gasteiger partial charge in [0, 0.05) is 5.56 Å². The lowest BCUT2D eigenvalue weighted by Gasteiger charge is -2.12. The van der Waals surface area contributed by atoms with Crippen molar-refractivity contribution in [1.82, 2.24) is 0 Å². The molecule has 0 saturated heterocycles. The van der Waals surface area contributed by atoms with Crippen molar-refractivity contribution in [1.29, 1.82) is 5.26 Å². The zero-order valence-corrected chi connectivity index (χ0v) is 13.0. The van der Waals surface area contributed by atoms with Crippen LogP contribution in [-0.2, 0) is 0 Å². The first-order chi connectivity index (χ1) is 10.6. The standard InChI is InChI=1S/C19H20FNO/c1-14-9-10-17(12-15(14)2)22-11-5-6-16(13-21)18-7-3-4-8-19(18)20/h3-4,7-10,12,16H,5-6,11H2,1-2H3. The summed E-state index contributed by atoms with van der Waals surface area (Å²) in [5, 5.41) is 9.23. The van der Waals surface area contributed by atoms with Crippen LogP contribution >= 0.6 is 0 Å². The maximum absolute atomic E-state index is 13.7. The Morgan fingerprint density at radius 2 is 1.91 bits per heavy atom. The van der Waals surface area contributed by atoms with Crippen molar-refractivity contribution >= 4 is 0 Å². The van der Waals surface area contributed by atoms with E-state index in [-0.39, 0.29) is 5.82 Å². The molecular formula is C19H20FNO. The van der Waals surface area contributed by atoms with Crippen molar-refractivity contribution in [3.63, 3.8) is 0 Å². The van der Waals surface area contributed by atoms with Crippen molar-refractivity contribution in [3.05, 3.63) is 65.0 Å². The number of rotatable bonds is 6. The van der Waals surface area contributed by atoms with Gasteiger partial charge >= 0.3 is 0 Å². The lowest BCUT2D eigenvalue weighted by Crippen LogP contribution is -2.04. The Labute approximate surface area is 131 Å². The third-order valence-electron chi connectivity index (χ3n) is 3.82. The van der Waals surface area contributed by atoms with Gasteiger partial charge < -0.3 is 4.74 Å². The first-order valence-electron chi connectivity index (χ1n) is 7.46. The largest absolute Gasteiger partial charge is 0.494 e. The molecule has 3 heteroatoms. The quantitative estimate of drug-likeness (QED) is 0.710. The van der Waals surface area contributed by atoms with Crippen LogP contribution in [0, 0.1) is 31.0 Å². The summed E-state index contributed by atoms with van der Waals surface area (Å²) >= 11 is 0. The van der Waals surface area contributed by atoms with Crippen molar-refractivity contribution in [2.24, 2.45) is 0 Å². The normalized spacial score (nSPS) is 11.7. The van der Waals surface area contributed by atoms with Crippen LogP contribution in [0.5, 0.6) is 5.75 Å². The van der Waals surface area contributed by atoms with Crippen LogP contribution in [0.2, 0.25) is 0 Å². The van der Waals surface area contributed by atoms with E-state index in [4.69, 9.17) is 4.74 Å². The average molecular weight is 297 g/mol. The molecule has 0 heterocycles. The highest BCUT2D eigenvalue weighted by Gasteiger charge is 2.14. The molecule has 2 nitrogen and oxygen atoms in total. The van der Waals surface area contributed by atoms with Crippen molar-refractivity contribution in [2.75, 3.05) is 6.61 Å². The fourth-order valence-corrected chi connectivity index (χ4v) is 2.33. The van der Waals surface area contributed by atoms with Crippen LogP contribution < -0.4 is 4.74 Å².